The average Bonchev–Trinajstić information content (AvgIpc) is 3.12. The molecule has 4 heteroatoms. The molecule has 0 spiro atoms. The summed E-state index contributed by atoms with van der Waals surface area (Å²) in [5, 5.41) is 7.30. The quantitative estimate of drug-likeness (QED) is 0.876. The molecular weight excluding hydrogens is 272 g/mol. The topological polar surface area (TPSA) is 41.1 Å². The van der Waals surface area contributed by atoms with Gasteiger partial charge in [-0.15, -0.1) is 0 Å². The molecule has 0 aliphatic heterocycles. The maximum Gasteiger partial charge on any atom is 0.234 e. The number of rotatable bonds is 5. The molecule has 1 aromatic carbocycles. The number of nitrogens with one attached hydrogen (secondary N) is 2. The van der Waals surface area contributed by atoms with Gasteiger partial charge in [0.05, 0.1) is 6.54 Å². The fourth-order valence-electron chi connectivity index (χ4n) is 3.07. The van der Waals surface area contributed by atoms with Crippen molar-refractivity contribution in [2.75, 3.05) is 6.54 Å². The van der Waals surface area contributed by atoms with E-state index in [1.54, 1.807) is 0 Å². The highest BCUT2D eigenvalue weighted by molar-refractivity contribution is 6.30. The van der Waals surface area contributed by atoms with Crippen molar-refractivity contribution in [3.05, 3.63) is 34.9 Å². The molecule has 1 aromatic rings. The molecule has 0 aromatic heterocycles. The average molecular weight is 293 g/mol. The summed E-state index contributed by atoms with van der Waals surface area (Å²) in [5.74, 6) is 0.118. The zero-order valence-electron chi connectivity index (χ0n) is 11.6. The molecular formula is C16H21ClN2O. The molecule has 0 heterocycles. The fourth-order valence-corrected chi connectivity index (χ4v) is 3.20. The molecule has 20 heavy (non-hydrogen) atoms. The van der Waals surface area contributed by atoms with Crippen LogP contribution in [0.3, 0.4) is 0 Å². The third kappa shape index (κ3) is 3.15. The Balaban J connectivity index is 1.67. The van der Waals surface area contributed by atoms with Crippen molar-refractivity contribution in [1.29, 1.82) is 0 Å². The molecule has 0 saturated heterocycles. The highest BCUT2D eigenvalue weighted by Crippen LogP contribution is 2.38. The zero-order chi connectivity index (χ0) is 14.0. The number of carbonyl (C=O) groups excluding carboxylic acids is 1. The molecule has 1 amide bonds. The van der Waals surface area contributed by atoms with Gasteiger partial charge >= 0.3 is 0 Å². The lowest BCUT2D eigenvalue weighted by Crippen LogP contribution is -2.45. The molecule has 0 unspecified atom stereocenters. The largest absolute Gasteiger partial charge is 0.352 e. The van der Waals surface area contributed by atoms with Crippen molar-refractivity contribution < 1.29 is 4.79 Å². The predicted octanol–water partition coefficient (Wildman–Crippen LogP) is 2.98. The van der Waals surface area contributed by atoms with Crippen LogP contribution in [0.5, 0.6) is 0 Å². The van der Waals surface area contributed by atoms with E-state index >= 15 is 0 Å². The normalized spacial score (nSPS) is 20.9. The summed E-state index contributed by atoms with van der Waals surface area (Å²) < 4.78 is 0. The first-order valence-electron chi connectivity index (χ1n) is 7.48. The van der Waals surface area contributed by atoms with E-state index in [9.17, 15) is 4.79 Å². The molecule has 108 valence electrons. The third-order valence-electron chi connectivity index (χ3n) is 4.38. The van der Waals surface area contributed by atoms with Crippen molar-refractivity contribution in [1.82, 2.24) is 10.6 Å². The number of halogens is 1. The second-order valence-corrected chi connectivity index (χ2v) is 6.43. The summed E-state index contributed by atoms with van der Waals surface area (Å²) in [7, 11) is 0. The summed E-state index contributed by atoms with van der Waals surface area (Å²) in [6.45, 7) is 0.402. The van der Waals surface area contributed by atoms with E-state index < -0.39 is 0 Å². The third-order valence-corrected chi connectivity index (χ3v) is 4.64. The number of hydrogen-bond acceptors (Lipinski definition) is 2. The first-order chi connectivity index (χ1) is 9.68. The van der Waals surface area contributed by atoms with Crippen LogP contribution < -0.4 is 10.6 Å². The maximum atomic E-state index is 11.9. The van der Waals surface area contributed by atoms with E-state index in [1.807, 2.05) is 12.1 Å². The van der Waals surface area contributed by atoms with Gasteiger partial charge in [-0.25, -0.2) is 0 Å². The molecule has 0 atom stereocenters. The van der Waals surface area contributed by atoms with Crippen molar-refractivity contribution in [3.8, 4) is 0 Å². The van der Waals surface area contributed by atoms with Gasteiger partial charge in [-0.05, 0) is 43.4 Å². The fraction of sp³-hybridized carbons (Fsp3) is 0.562. The molecule has 3 nitrogen and oxygen atoms in total. The van der Waals surface area contributed by atoms with Crippen LogP contribution in [0.2, 0.25) is 5.02 Å². The Kier molecular flexibility index (Phi) is 3.99. The summed E-state index contributed by atoms with van der Waals surface area (Å²) in [4.78, 5) is 11.9. The number of benzene rings is 1. The molecule has 2 N–H and O–H groups in total. The lowest BCUT2D eigenvalue weighted by atomic mass is 9.88. The minimum absolute atomic E-state index is 0.0501. The monoisotopic (exact) mass is 292 g/mol. The highest BCUT2D eigenvalue weighted by atomic mass is 35.5. The second kappa shape index (κ2) is 5.74. The van der Waals surface area contributed by atoms with Crippen LogP contribution in [0.4, 0.5) is 0 Å². The van der Waals surface area contributed by atoms with Gasteiger partial charge in [-0.3, -0.25) is 10.1 Å². The van der Waals surface area contributed by atoms with E-state index in [0.29, 0.717) is 12.6 Å². The van der Waals surface area contributed by atoms with Gasteiger partial charge in [0.2, 0.25) is 5.91 Å². The smallest absolute Gasteiger partial charge is 0.234 e. The molecule has 3 rings (SSSR count). The van der Waals surface area contributed by atoms with Gasteiger partial charge in [0.1, 0.15) is 0 Å². The first-order valence-corrected chi connectivity index (χ1v) is 7.86. The van der Waals surface area contributed by atoms with Crippen molar-refractivity contribution in [2.45, 2.75) is 50.1 Å². The van der Waals surface area contributed by atoms with Crippen LogP contribution in [-0.2, 0) is 10.3 Å². The molecule has 2 aliphatic rings. The SMILES string of the molecule is O=C(CNC1(c2ccc(Cl)cc2)CCCC1)NC1CC1. The van der Waals surface area contributed by atoms with E-state index in [4.69, 9.17) is 11.6 Å². The minimum Gasteiger partial charge on any atom is -0.352 e. The molecule has 2 fully saturated rings. The van der Waals surface area contributed by atoms with Gasteiger partial charge < -0.3 is 5.32 Å². The molecule has 2 aliphatic carbocycles. The second-order valence-electron chi connectivity index (χ2n) is 5.99. The van der Waals surface area contributed by atoms with Crippen LogP contribution in [0.25, 0.3) is 0 Å². The zero-order valence-corrected chi connectivity index (χ0v) is 12.4. The van der Waals surface area contributed by atoms with Crippen LogP contribution in [0.15, 0.2) is 24.3 Å². The van der Waals surface area contributed by atoms with Crippen molar-refractivity contribution in [3.63, 3.8) is 0 Å². The molecule has 2 saturated carbocycles. The molecule has 0 radical (unpaired) electrons. The Morgan fingerprint density at radius 1 is 1.20 bits per heavy atom. The van der Waals surface area contributed by atoms with Crippen LogP contribution in [0.1, 0.15) is 44.1 Å². The number of carbonyl (C=O) groups is 1. The lowest BCUT2D eigenvalue weighted by molar-refractivity contribution is -0.120. The van der Waals surface area contributed by atoms with E-state index in [0.717, 1.165) is 30.7 Å². The molecule has 0 bridgehead atoms. The van der Waals surface area contributed by atoms with Crippen molar-refractivity contribution >= 4 is 17.5 Å². The van der Waals surface area contributed by atoms with Crippen LogP contribution >= 0.6 is 11.6 Å². The highest BCUT2D eigenvalue weighted by Gasteiger charge is 2.35. The summed E-state index contributed by atoms with van der Waals surface area (Å²) in [6, 6.07) is 8.46. The Morgan fingerprint density at radius 2 is 1.85 bits per heavy atom. The minimum atomic E-state index is -0.0501. The van der Waals surface area contributed by atoms with Crippen LogP contribution in [0, 0.1) is 0 Å². The standard InChI is InChI=1S/C16H21ClN2O/c17-13-5-3-12(4-6-13)16(9-1-2-10-16)18-11-15(20)19-14-7-8-14/h3-6,14,18H,1-2,7-11H2,(H,19,20). The Bertz CT molecular complexity index is 476. The summed E-state index contributed by atoms with van der Waals surface area (Å²) in [5.41, 5.74) is 1.20. The summed E-state index contributed by atoms with van der Waals surface area (Å²) in [6.07, 6.45) is 6.86. The van der Waals surface area contributed by atoms with E-state index in [1.165, 1.54) is 18.4 Å². The Labute approximate surface area is 125 Å². The van der Waals surface area contributed by atoms with E-state index in [-0.39, 0.29) is 11.4 Å². The maximum absolute atomic E-state index is 11.9. The first kappa shape index (κ1) is 13.9. The van der Waals surface area contributed by atoms with Gasteiger partial charge in [0.25, 0.3) is 0 Å². The van der Waals surface area contributed by atoms with Crippen molar-refractivity contribution in [2.24, 2.45) is 0 Å². The Morgan fingerprint density at radius 3 is 2.45 bits per heavy atom. The van der Waals surface area contributed by atoms with Gasteiger partial charge in [-0.2, -0.15) is 0 Å². The van der Waals surface area contributed by atoms with Gasteiger partial charge in [0, 0.05) is 16.6 Å². The van der Waals surface area contributed by atoms with Gasteiger partial charge in [0.15, 0.2) is 0 Å². The van der Waals surface area contributed by atoms with E-state index in [2.05, 4.69) is 22.8 Å². The van der Waals surface area contributed by atoms with Crippen LogP contribution in [-0.4, -0.2) is 18.5 Å². The lowest BCUT2D eigenvalue weighted by Gasteiger charge is -2.31. The number of hydrogen-bond donors (Lipinski definition) is 2. The Hall–Kier alpha value is -1.06. The van der Waals surface area contributed by atoms with Gasteiger partial charge in [-0.1, -0.05) is 36.6 Å². The summed E-state index contributed by atoms with van der Waals surface area (Å²) >= 11 is 5.97. The number of amides is 1. The predicted molar refractivity (Wildman–Crippen MR) is 80.8 cm³/mol.